The average Bonchev–Trinajstić information content (AvgIpc) is 2.69. The van der Waals surface area contributed by atoms with E-state index in [9.17, 15) is 4.79 Å². The molecule has 4 nitrogen and oxygen atoms in total. The van der Waals surface area contributed by atoms with E-state index in [1.807, 2.05) is 6.07 Å². The predicted octanol–water partition coefficient (Wildman–Crippen LogP) is 4.99. The molecule has 138 valence electrons. The number of piperidine rings is 1. The van der Waals surface area contributed by atoms with Gasteiger partial charge in [0.1, 0.15) is 5.15 Å². The number of fused-ring (bicyclic) bond motifs is 1. The Bertz CT molecular complexity index is 996. The Morgan fingerprint density at radius 3 is 2.70 bits per heavy atom. The van der Waals surface area contributed by atoms with Gasteiger partial charge in [-0.1, -0.05) is 23.7 Å². The molecule has 0 bridgehead atoms. The van der Waals surface area contributed by atoms with E-state index in [2.05, 4.69) is 40.0 Å². The van der Waals surface area contributed by atoms with Gasteiger partial charge in [0.25, 0.3) is 0 Å². The topological polar surface area (TPSA) is 46.1 Å². The van der Waals surface area contributed by atoms with Gasteiger partial charge in [-0.3, -0.25) is 9.78 Å². The summed E-state index contributed by atoms with van der Waals surface area (Å²) in [6.07, 6.45) is 6.95. The zero-order valence-corrected chi connectivity index (χ0v) is 16.2. The third-order valence-electron chi connectivity index (χ3n) is 5.28. The van der Waals surface area contributed by atoms with Crippen molar-refractivity contribution in [1.82, 2.24) is 9.97 Å². The Kier molecular flexibility index (Phi) is 5.08. The van der Waals surface area contributed by atoms with Crippen LogP contribution in [-0.4, -0.2) is 29.3 Å². The van der Waals surface area contributed by atoms with E-state index in [1.54, 1.807) is 12.3 Å². The van der Waals surface area contributed by atoms with E-state index in [4.69, 9.17) is 11.6 Å². The van der Waals surface area contributed by atoms with E-state index in [0.717, 1.165) is 36.0 Å². The number of anilines is 1. The fourth-order valence-electron chi connectivity index (χ4n) is 3.92. The molecular weight excluding hydrogens is 358 g/mol. The molecule has 1 aliphatic rings. The number of halogens is 1. The largest absolute Gasteiger partial charge is 0.371 e. The molecule has 0 unspecified atom stereocenters. The molecule has 5 heteroatoms. The number of aryl methyl sites for hydroxylation is 1. The van der Waals surface area contributed by atoms with Gasteiger partial charge >= 0.3 is 0 Å². The number of carbonyl (C=O) groups excluding carboxylic acids is 1. The van der Waals surface area contributed by atoms with Crippen LogP contribution in [0, 0.1) is 6.92 Å². The predicted molar refractivity (Wildman–Crippen MR) is 110 cm³/mol. The van der Waals surface area contributed by atoms with Gasteiger partial charge in [-0.2, -0.15) is 0 Å². The quantitative estimate of drug-likeness (QED) is 0.473. The van der Waals surface area contributed by atoms with E-state index in [-0.39, 0.29) is 0 Å². The van der Waals surface area contributed by atoms with Crippen LogP contribution < -0.4 is 4.90 Å². The van der Waals surface area contributed by atoms with Crippen LogP contribution in [0.5, 0.6) is 0 Å². The molecule has 0 N–H and O–H groups in total. The highest BCUT2D eigenvalue weighted by atomic mass is 35.5. The van der Waals surface area contributed by atoms with Gasteiger partial charge in [-0.15, -0.1) is 0 Å². The second-order valence-corrected chi connectivity index (χ2v) is 7.54. The number of aldehydes is 1. The second kappa shape index (κ2) is 7.65. The highest BCUT2D eigenvalue weighted by Crippen LogP contribution is 2.27. The molecule has 1 aliphatic heterocycles. The van der Waals surface area contributed by atoms with Crippen molar-refractivity contribution in [3.05, 3.63) is 63.9 Å². The lowest BCUT2D eigenvalue weighted by atomic mass is 9.97. The Balaban J connectivity index is 1.70. The average molecular weight is 380 g/mol. The Morgan fingerprint density at radius 2 is 1.96 bits per heavy atom. The Morgan fingerprint density at radius 1 is 1.15 bits per heavy atom. The van der Waals surface area contributed by atoms with E-state index in [0.29, 0.717) is 22.7 Å². The van der Waals surface area contributed by atoms with Crippen molar-refractivity contribution in [2.45, 2.75) is 32.6 Å². The third-order valence-corrected chi connectivity index (χ3v) is 5.49. The Labute approximate surface area is 164 Å². The molecule has 0 radical (unpaired) electrons. The zero-order chi connectivity index (χ0) is 18.8. The summed E-state index contributed by atoms with van der Waals surface area (Å²) in [7, 11) is 0. The van der Waals surface area contributed by atoms with Crippen LogP contribution in [0.25, 0.3) is 11.0 Å². The minimum absolute atomic E-state index is 0.408. The minimum atomic E-state index is 0.408. The first-order valence-electron chi connectivity index (χ1n) is 9.39. The number of hydrogen-bond acceptors (Lipinski definition) is 4. The van der Waals surface area contributed by atoms with E-state index < -0.39 is 0 Å². The van der Waals surface area contributed by atoms with Crippen molar-refractivity contribution in [1.29, 1.82) is 0 Å². The van der Waals surface area contributed by atoms with Crippen LogP contribution in [0.4, 0.5) is 5.69 Å². The maximum Gasteiger partial charge on any atom is 0.151 e. The van der Waals surface area contributed by atoms with Gasteiger partial charge < -0.3 is 4.90 Å². The van der Waals surface area contributed by atoms with Gasteiger partial charge in [0, 0.05) is 37.0 Å². The van der Waals surface area contributed by atoms with Gasteiger partial charge in [-0.25, -0.2) is 4.98 Å². The maximum absolute atomic E-state index is 11.6. The monoisotopic (exact) mass is 379 g/mol. The maximum atomic E-state index is 11.6. The first-order valence-corrected chi connectivity index (χ1v) is 9.77. The molecule has 0 spiro atoms. The van der Waals surface area contributed by atoms with Crippen molar-refractivity contribution in [2.75, 3.05) is 18.0 Å². The standard InChI is InChI=1S/C22H22ClN3O/c1-15-11-16(5-7-20(15)26-9-3-2-4-10-26)12-18-17(14-27)13-24-19-6-8-21(23)25-22(18)19/h5-8,11,13-14H,2-4,9-10,12H2,1H3. The molecular formula is C22H22ClN3O. The number of benzene rings is 1. The number of carbonyl (C=O) groups is 1. The molecule has 27 heavy (non-hydrogen) atoms. The fourth-order valence-corrected chi connectivity index (χ4v) is 4.06. The van der Waals surface area contributed by atoms with Crippen molar-refractivity contribution in [2.24, 2.45) is 0 Å². The number of aromatic nitrogens is 2. The summed E-state index contributed by atoms with van der Waals surface area (Å²) in [5.74, 6) is 0. The fraction of sp³-hybridized carbons (Fsp3) is 0.318. The molecule has 2 aromatic heterocycles. The Hall–Kier alpha value is -2.46. The molecule has 0 aliphatic carbocycles. The highest BCUT2D eigenvalue weighted by Gasteiger charge is 2.15. The van der Waals surface area contributed by atoms with Gasteiger partial charge in [0.15, 0.2) is 6.29 Å². The summed E-state index contributed by atoms with van der Waals surface area (Å²) >= 11 is 6.09. The normalized spacial score (nSPS) is 14.5. The summed E-state index contributed by atoms with van der Waals surface area (Å²) in [5.41, 5.74) is 6.64. The van der Waals surface area contributed by atoms with Crippen LogP contribution in [0.1, 0.15) is 46.3 Å². The van der Waals surface area contributed by atoms with E-state index >= 15 is 0 Å². The number of pyridine rings is 2. The molecule has 0 atom stereocenters. The van der Waals surface area contributed by atoms with Crippen LogP contribution >= 0.6 is 11.6 Å². The lowest BCUT2D eigenvalue weighted by molar-refractivity contribution is 0.112. The van der Waals surface area contributed by atoms with Gasteiger partial charge in [0.05, 0.1) is 11.0 Å². The third kappa shape index (κ3) is 3.67. The molecule has 0 saturated carbocycles. The molecule has 3 heterocycles. The molecule has 4 rings (SSSR count). The smallest absolute Gasteiger partial charge is 0.151 e. The summed E-state index contributed by atoms with van der Waals surface area (Å²) < 4.78 is 0. The van der Waals surface area contributed by atoms with Crippen molar-refractivity contribution in [3.8, 4) is 0 Å². The van der Waals surface area contributed by atoms with Crippen LogP contribution in [0.3, 0.4) is 0 Å². The number of nitrogens with zero attached hydrogens (tertiary/aromatic N) is 3. The molecule has 1 aromatic carbocycles. The number of rotatable bonds is 4. The van der Waals surface area contributed by atoms with Crippen LogP contribution in [0.15, 0.2) is 36.5 Å². The lowest BCUT2D eigenvalue weighted by Gasteiger charge is -2.30. The summed E-state index contributed by atoms with van der Waals surface area (Å²) in [6, 6.07) is 10.1. The van der Waals surface area contributed by atoms with Crippen molar-refractivity contribution in [3.63, 3.8) is 0 Å². The van der Waals surface area contributed by atoms with Crippen LogP contribution in [0.2, 0.25) is 5.15 Å². The van der Waals surface area contributed by atoms with Crippen LogP contribution in [-0.2, 0) is 6.42 Å². The molecule has 1 fully saturated rings. The molecule has 1 saturated heterocycles. The second-order valence-electron chi connectivity index (χ2n) is 7.16. The van der Waals surface area contributed by atoms with Gasteiger partial charge in [0.2, 0.25) is 0 Å². The summed E-state index contributed by atoms with van der Waals surface area (Å²) in [4.78, 5) is 22.8. The molecule has 0 amide bonds. The van der Waals surface area contributed by atoms with Crippen molar-refractivity contribution < 1.29 is 4.79 Å². The minimum Gasteiger partial charge on any atom is -0.371 e. The molecule has 3 aromatic rings. The number of hydrogen-bond donors (Lipinski definition) is 0. The van der Waals surface area contributed by atoms with Crippen molar-refractivity contribution >= 4 is 34.6 Å². The SMILES string of the molecule is Cc1cc(Cc2c(C=O)cnc3ccc(Cl)nc23)ccc1N1CCCCC1. The highest BCUT2D eigenvalue weighted by molar-refractivity contribution is 6.29. The summed E-state index contributed by atoms with van der Waals surface area (Å²) in [6.45, 7) is 4.42. The van der Waals surface area contributed by atoms with Gasteiger partial charge in [-0.05, 0) is 61.1 Å². The first kappa shape index (κ1) is 17.9. The van der Waals surface area contributed by atoms with E-state index in [1.165, 1.54) is 30.5 Å². The summed E-state index contributed by atoms with van der Waals surface area (Å²) in [5, 5.41) is 0.408. The first-order chi connectivity index (χ1) is 13.2. The lowest BCUT2D eigenvalue weighted by Crippen LogP contribution is -2.29. The zero-order valence-electron chi connectivity index (χ0n) is 15.4.